The zero-order valence-electron chi connectivity index (χ0n) is 8.52. The second-order valence-electron chi connectivity index (χ2n) is 3.33. The predicted octanol–water partition coefficient (Wildman–Crippen LogP) is -1.53. The molecule has 0 unspecified atom stereocenters. The molecule has 0 N–H and O–H groups in total. The van der Waals surface area contributed by atoms with E-state index in [1.165, 1.54) is 13.8 Å². The summed E-state index contributed by atoms with van der Waals surface area (Å²) in [5.74, 6) is 0. The van der Waals surface area contributed by atoms with Crippen LogP contribution >= 0.6 is 0 Å². The standard InChI is InChI=1S/C9H12O3S.K/c1-9(2,13(10,11)12)8-6-4-3-5-7-8;/h3-7H,1-2H3,(H,10,11,12);/q;+1/p-1. The van der Waals surface area contributed by atoms with Gasteiger partial charge in [0.2, 0.25) is 0 Å². The van der Waals surface area contributed by atoms with Crippen LogP contribution in [0.4, 0.5) is 0 Å². The zero-order chi connectivity index (χ0) is 10.1. The van der Waals surface area contributed by atoms with E-state index in [9.17, 15) is 13.0 Å². The molecule has 0 aliphatic heterocycles. The summed E-state index contributed by atoms with van der Waals surface area (Å²) < 4.78 is 31.3. The van der Waals surface area contributed by atoms with Gasteiger partial charge >= 0.3 is 51.4 Å². The molecule has 0 saturated carbocycles. The van der Waals surface area contributed by atoms with Gasteiger partial charge in [0.15, 0.2) is 0 Å². The molecule has 0 aliphatic rings. The molecule has 0 aliphatic carbocycles. The van der Waals surface area contributed by atoms with E-state index in [0.29, 0.717) is 5.56 Å². The Labute approximate surface area is 127 Å². The molecule has 0 fully saturated rings. The molecule has 0 atom stereocenters. The minimum Gasteiger partial charge on any atom is -0.747 e. The van der Waals surface area contributed by atoms with Crippen LogP contribution in [0, 0.1) is 0 Å². The summed E-state index contributed by atoms with van der Waals surface area (Å²) >= 11 is 0. The van der Waals surface area contributed by atoms with Crippen molar-refractivity contribution >= 4 is 10.1 Å². The molecule has 0 aromatic heterocycles. The van der Waals surface area contributed by atoms with Gasteiger partial charge in [-0.2, -0.15) is 0 Å². The van der Waals surface area contributed by atoms with Gasteiger partial charge in [-0.1, -0.05) is 30.3 Å². The summed E-state index contributed by atoms with van der Waals surface area (Å²) in [4.78, 5) is 0. The molecule has 14 heavy (non-hydrogen) atoms. The van der Waals surface area contributed by atoms with Gasteiger partial charge in [-0.05, 0) is 19.4 Å². The normalized spacial score (nSPS) is 11.9. The van der Waals surface area contributed by atoms with Crippen LogP contribution < -0.4 is 51.4 Å². The minimum absolute atomic E-state index is 0. The average Bonchev–Trinajstić information content (AvgIpc) is 2.04. The maximum absolute atomic E-state index is 10.9. The third-order valence-electron chi connectivity index (χ3n) is 2.09. The molecule has 0 spiro atoms. The summed E-state index contributed by atoms with van der Waals surface area (Å²) in [5.41, 5.74) is 0.519. The van der Waals surface area contributed by atoms with Crippen molar-refractivity contribution in [3.63, 3.8) is 0 Å². The van der Waals surface area contributed by atoms with E-state index >= 15 is 0 Å². The first-order valence-corrected chi connectivity index (χ1v) is 5.27. The molecule has 0 amide bonds. The second kappa shape index (κ2) is 5.20. The van der Waals surface area contributed by atoms with Crippen LogP contribution in [-0.2, 0) is 14.9 Å². The van der Waals surface area contributed by atoms with E-state index in [0.717, 1.165) is 0 Å². The van der Waals surface area contributed by atoms with Gasteiger partial charge in [-0.3, -0.25) is 0 Å². The van der Waals surface area contributed by atoms with E-state index in [2.05, 4.69) is 0 Å². The first-order valence-electron chi connectivity index (χ1n) is 3.86. The smallest absolute Gasteiger partial charge is 0.747 e. The van der Waals surface area contributed by atoms with E-state index in [-0.39, 0.29) is 51.4 Å². The molecule has 1 aromatic carbocycles. The van der Waals surface area contributed by atoms with Crippen LogP contribution in [0.15, 0.2) is 30.3 Å². The number of hydrogen-bond acceptors (Lipinski definition) is 3. The van der Waals surface area contributed by atoms with Gasteiger partial charge in [-0.15, -0.1) is 0 Å². The van der Waals surface area contributed by atoms with Crippen LogP contribution in [0.1, 0.15) is 19.4 Å². The molecule has 1 rings (SSSR count). The van der Waals surface area contributed by atoms with Crippen molar-refractivity contribution in [1.29, 1.82) is 0 Å². The van der Waals surface area contributed by atoms with Crippen molar-refractivity contribution in [2.75, 3.05) is 0 Å². The van der Waals surface area contributed by atoms with Crippen LogP contribution in [0.3, 0.4) is 0 Å². The molecule has 72 valence electrons. The van der Waals surface area contributed by atoms with Gasteiger partial charge in [-0.25, -0.2) is 8.42 Å². The third kappa shape index (κ3) is 3.13. The fraction of sp³-hybridized carbons (Fsp3) is 0.333. The Morgan fingerprint density at radius 2 is 1.57 bits per heavy atom. The summed E-state index contributed by atoms with van der Waals surface area (Å²) in [6, 6.07) is 8.46. The number of benzene rings is 1. The summed E-state index contributed by atoms with van der Waals surface area (Å²) in [5, 5.41) is 0. The maximum Gasteiger partial charge on any atom is 1.00 e. The van der Waals surface area contributed by atoms with Crippen molar-refractivity contribution in [1.82, 2.24) is 0 Å². The van der Waals surface area contributed by atoms with Crippen molar-refractivity contribution in [2.45, 2.75) is 18.6 Å². The number of rotatable bonds is 2. The van der Waals surface area contributed by atoms with E-state index in [4.69, 9.17) is 0 Å². The Kier molecular flexibility index (Phi) is 5.49. The van der Waals surface area contributed by atoms with Crippen molar-refractivity contribution in [3.8, 4) is 0 Å². The fourth-order valence-corrected chi connectivity index (χ4v) is 1.41. The monoisotopic (exact) mass is 238 g/mol. The molecule has 0 bridgehead atoms. The number of hydrogen-bond donors (Lipinski definition) is 0. The summed E-state index contributed by atoms with van der Waals surface area (Å²) in [7, 11) is -4.31. The van der Waals surface area contributed by atoms with Gasteiger partial charge < -0.3 is 4.55 Å². The van der Waals surface area contributed by atoms with Gasteiger partial charge in [0.1, 0.15) is 10.1 Å². The molecular formula is C9H11KO3S. The predicted molar refractivity (Wildman–Crippen MR) is 49.2 cm³/mol. The zero-order valence-corrected chi connectivity index (χ0v) is 12.5. The molecule has 5 heteroatoms. The average molecular weight is 238 g/mol. The Morgan fingerprint density at radius 1 is 1.14 bits per heavy atom. The summed E-state index contributed by atoms with van der Waals surface area (Å²) in [6.07, 6.45) is 0. The Hall–Kier alpha value is 0.766. The third-order valence-corrected chi connectivity index (χ3v) is 3.58. The first kappa shape index (κ1) is 14.8. The first-order chi connectivity index (χ1) is 5.86. The second-order valence-corrected chi connectivity index (χ2v) is 5.26. The van der Waals surface area contributed by atoms with E-state index in [1.807, 2.05) is 0 Å². The van der Waals surface area contributed by atoms with Crippen LogP contribution in [0.2, 0.25) is 0 Å². The Morgan fingerprint density at radius 3 is 1.93 bits per heavy atom. The molecule has 0 saturated heterocycles. The van der Waals surface area contributed by atoms with Crippen LogP contribution in [-0.4, -0.2) is 13.0 Å². The van der Waals surface area contributed by atoms with Gasteiger partial charge in [0.25, 0.3) is 0 Å². The Bertz CT molecular complexity index is 384. The fourth-order valence-electron chi connectivity index (χ4n) is 0.984. The van der Waals surface area contributed by atoms with E-state index in [1.54, 1.807) is 30.3 Å². The molecule has 0 heterocycles. The largest absolute Gasteiger partial charge is 1.00 e. The molecular weight excluding hydrogens is 227 g/mol. The molecule has 3 nitrogen and oxygen atoms in total. The van der Waals surface area contributed by atoms with Crippen LogP contribution in [0.25, 0.3) is 0 Å². The van der Waals surface area contributed by atoms with E-state index < -0.39 is 14.9 Å². The SMILES string of the molecule is CC(C)(c1ccccc1)S(=O)(=O)[O-].[K+]. The van der Waals surface area contributed by atoms with Gasteiger partial charge in [0.05, 0.1) is 4.75 Å². The topological polar surface area (TPSA) is 57.2 Å². The van der Waals surface area contributed by atoms with Crippen molar-refractivity contribution in [2.24, 2.45) is 0 Å². The summed E-state index contributed by atoms with van der Waals surface area (Å²) in [6.45, 7) is 2.81. The Balaban J connectivity index is 0.00000169. The molecule has 0 radical (unpaired) electrons. The van der Waals surface area contributed by atoms with Crippen LogP contribution in [0.5, 0.6) is 0 Å². The maximum atomic E-state index is 10.9. The quantitative estimate of drug-likeness (QED) is 0.464. The molecule has 1 aromatic rings. The van der Waals surface area contributed by atoms with Crippen molar-refractivity contribution < 1.29 is 64.4 Å². The van der Waals surface area contributed by atoms with Crippen molar-refractivity contribution in [3.05, 3.63) is 35.9 Å². The van der Waals surface area contributed by atoms with Gasteiger partial charge in [0, 0.05) is 0 Å². The minimum atomic E-state index is -4.31.